The molecule has 1 N–H and O–H groups in total. The molecule has 0 bridgehead atoms. The van der Waals surface area contributed by atoms with Crippen LogP contribution >= 0.6 is 0 Å². The lowest BCUT2D eigenvalue weighted by Crippen LogP contribution is -2.14. The van der Waals surface area contributed by atoms with Gasteiger partial charge in [-0.15, -0.1) is 0 Å². The van der Waals surface area contributed by atoms with E-state index in [-0.39, 0.29) is 5.91 Å². The lowest BCUT2D eigenvalue weighted by atomic mass is 10.0. The van der Waals surface area contributed by atoms with Gasteiger partial charge < -0.3 is 5.32 Å². The molecule has 4 nitrogen and oxygen atoms in total. The summed E-state index contributed by atoms with van der Waals surface area (Å²) in [6.07, 6.45) is 0. The molecule has 26 heavy (non-hydrogen) atoms. The molecule has 1 aromatic heterocycles. The third-order valence-corrected chi connectivity index (χ3v) is 4.57. The molecule has 0 saturated heterocycles. The molecule has 2 aromatic carbocycles. The number of hydrogen-bond acceptors (Lipinski definition) is 2. The Morgan fingerprint density at radius 1 is 0.962 bits per heavy atom. The molecule has 3 aromatic rings. The number of hydrogen-bond donors (Lipinski definition) is 1. The average molecular weight is 347 g/mol. The Morgan fingerprint density at radius 2 is 1.58 bits per heavy atom. The van der Waals surface area contributed by atoms with E-state index in [1.807, 2.05) is 56.6 Å². The minimum atomic E-state index is -0.0854. The number of rotatable bonds is 4. The van der Waals surface area contributed by atoms with Crippen LogP contribution in [0.5, 0.6) is 0 Å². The van der Waals surface area contributed by atoms with Crippen LogP contribution in [0.3, 0.4) is 0 Å². The summed E-state index contributed by atoms with van der Waals surface area (Å²) in [5, 5.41) is 7.53. The van der Waals surface area contributed by atoms with Crippen molar-refractivity contribution < 1.29 is 4.79 Å². The maximum Gasteiger partial charge on any atom is 0.255 e. The zero-order valence-electron chi connectivity index (χ0n) is 16.1. The molecule has 0 aliphatic rings. The quantitative estimate of drug-likeness (QED) is 0.742. The Bertz CT molecular complexity index is 929. The van der Waals surface area contributed by atoms with Gasteiger partial charge in [0.15, 0.2) is 0 Å². The number of benzene rings is 2. The van der Waals surface area contributed by atoms with Gasteiger partial charge in [0.1, 0.15) is 0 Å². The third-order valence-electron chi connectivity index (χ3n) is 4.57. The molecule has 1 heterocycles. The van der Waals surface area contributed by atoms with E-state index in [0.717, 1.165) is 33.8 Å². The fourth-order valence-corrected chi connectivity index (χ4v) is 3.33. The molecule has 0 unspecified atom stereocenters. The Balaban J connectivity index is 1.74. The second-order valence-electron chi connectivity index (χ2n) is 7.01. The van der Waals surface area contributed by atoms with Gasteiger partial charge in [-0.25, -0.2) is 0 Å². The Kier molecular flexibility index (Phi) is 4.94. The highest BCUT2D eigenvalue weighted by Crippen LogP contribution is 2.22. The van der Waals surface area contributed by atoms with Crippen molar-refractivity contribution in [1.29, 1.82) is 0 Å². The fourth-order valence-electron chi connectivity index (χ4n) is 3.33. The van der Waals surface area contributed by atoms with Crippen LogP contribution in [0, 0.1) is 34.6 Å². The molecule has 134 valence electrons. The summed E-state index contributed by atoms with van der Waals surface area (Å²) < 4.78 is 1.98. The van der Waals surface area contributed by atoms with Crippen LogP contribution in [0.4, 0.5) is 5.69 Å². The molecular formula is C22H25N3O. The van der Waals surface area contributed by atoms with Crippen molar-refractivity contribution in [2.24, 2.45) is 0 Å². The normalized spacial score (nSPS) is 10.8. The van der Waals surface area contributed by atoms with Gasteiger partial charge in [0.2, 0.25) is 0 Å². The lowest BCUT2D eigenvalue weighted by Gasteiger charge is -2.13. The van der Waals surface area contributed by atoms with Gasteiger partial charge in [-0.2, -0.15) is 5.10 Å². The van der Waals surface area contributed by atoms with Gasteiger partial charge in [-0.1, -0.05) is 29.8 Å². The maximum absolute atomic E-state index is 12.6. The number of aryl methyl sites for hydroxylation is 5. The van der Waals surface area contributed by atoms with E-state index in [1.54, 1.807) is 0 Å². The topological polar surface area (TPSA) is 46.9 Å². The summed E-state index contributed by atoms with van der Waals surface area (Å²) in [4.78, 5) is 12.6. The molecule has 0 aliphatic heterocycles. The SMILES string of the molecule is Cc1cc(C)c(NC(=O)c2ccc(Cn3nc(C)cc3C)cc2)c(C)c1. The lowest BCUT2D eigenvalue weighted by molar-refractivity contribution is 0.102. The molecule has 0 saturated carbocycles. The molecule has 4 heteroatoms. The molecule has 0 radical (unpaired) electrons. The number of nitrogens with zero attached hydrogens (tertiary/aromatic N) is 2. The van der Waals surface area contributed by atoms with Crippen molar-refractivity contribution in [3.05, 3.63) is 81.7 Å². The van der Waals surface area contributed by atoms with Gasteiger partial charge in [0.05, 0.1) is 12.2 Å². The zero-order valence-corrected chi connectivity index (χ0v) is 16.1. The van der Waals surface area contributed by atoms with Crippen LogP contribution in [-0.4, -0.2) is 15.7 Å². The van der Waals surface area contributed by atoms with Crippen LogP contribution in [0.15, 0.2) is 42.5 Å². The van der Waals surface area contributed by atoms with E-state index in [9.17, 15) is 4.79 Å². The first-order valence-corrected chi connectivity index (χ1v) is 8.82. The number of aromatic nitrogens is 2. The fraction of sp³-hybridized carbons (Fsp3) is 0.273. The zero-order chi connectivity index (χ0) is 18.8. The van der Waals surface area contributed by atoms with E-state index in [2.05, 4.69) is 35.5 Å². The predicted molar refractivity (Wildman–Crippen MR) is 106 cm³/mol. The molecule has 1 amide bonds. The van der Waals surface area contributed by atoms with Crippen LogP contribution in [0.2, 0.25) is 0 Å². The second kappa shape index (κ2) is 7.16. The summed E-state index contributed by atoms with van der Waals surface area (Å²) in [5.41, 5.74) is 8.18. The number of nitrogens with one attached hydrogen (secondary N) is 1. The number of anilines is 1. The average Bonchev–Trinajstić information content (AvgIpc) is 2.88. The smallest absolute Gasteiger partial charge is 0.255 e. The summed E-state index contributed by atoms with van der Waals surface area (Å²) in [6.45, 7) is 10.9. The Morgan fingerprint density at radius 3 is 2.12 bits per heavy atom. The number of amides is 1. The van der Waals surface area contributed by atoms with Crippen LogP contribution in [0.1, 0.15) is 44.0 Å². The van der Waals surface area contributed by atoms with Crippen molar-refractivity contribution >= 4 is 11.6 Å². The van der Waals surface area contributed by atoms with Crippen molar-refractivity contribution in [2.75, 3.05) is 5.32 Å². The van der Waals surface area contributed by atoms with Gasteiger partial charge in [-0.3, -0.25) is 9.48 Å². The van der Waals surface area contributed by atoms with E-state index in [0.29, 0.717) is 12.1 Å². The molecule has 0 fully saturated rings. The molecule has 0 atom stereocenters. The summed E-state index contributed by atoms with van der Waals surface area (Å²) in [7, 11) is 0. The summed E-state index contributed by atoms with van der Waals surface area (Å²) in [5.74, 6) is -0.0854. The first kappa shape index (κ1) is 17.9. The van der Waals surface area contributed by atoms with Gasteiger partial charge in [0, 0.05) is 16.9 Å². The van der Waals surface area contributed by atoms with Crippen LogP contribution < -0.4 is 5.32 Å². The number of carbonyl (C=O) groups is 1. The first-order valence-electron chi connectivity index (χ1n) is 8.82. The highest BCUT2D eigenvalue weighted by atomic mass is 16.1. The first-order chi connectivity index (χ1) is 12.3. The standard InChI is InChI=1S/C22H25N3O/c1-14-10-15(2)21(16(3)11-14)23-22(26)20-8-6-19(7-9-20)13-25-18(5)12-17(4)24-25/h6-12H,13H2,1-5H3,(H,23,26). The van der Waals surface area contributed by atoms with Crippen LogP contribution in [0.25, 0.3) is 0 Å². The van der Waals surface area contributed by atoms with E-state index in [4.69, 9.17) is 0 Å². The predicted octanol–water partition coefficient (Wildman–Crippen LogP) is 4.73. The van der Waals surface area contributed by atoms with Crippen molar-refractivity contribution in [3.63, 3.8) is 0 Å². The van der Waals surface area contributed by atoms with E-state index >= 15 is 0 Å². The largest absolute Gasteiger partial charge is 0.322 e. The Hall–Kier alpha value is -2.88. The highest BCUT2D eigenvalue weighted by molar-refractivity contribution is 6.05. The minimum Gasteiger partial charge on any atom is -0.322 e. The highest BCUT2D eigenvalue weighted by Gasteiger charge is 2.11. The van der Waals surface area contributed by atoms with E-state index in [1.165, 1.54) is 5.56 Å². The summed E-state index contributed by atoms with van der Waals surface area (Å²) in [6, 6.07) is 13.9. The van der Waals surface area contributed by atoms with Crippen molar-refractivity contribution in [3.8, 4) is 0 Å². The molecule has 0 spiro atoms. The Labute approximate surface area is 154 Å². The van der Waals surface area contributed by atoms with Crippen molar-refractivity contribution in [2.45, 2.75) is 41.2 Å². The molecule has 3 rings (SSSR count). The second-order valence-corrected chi connectivity index (χ2v) is 7.01. The monoisotopic (exact) mass is 347 g/mol. The number of carbonyl (C=O) groups excluding carboxylic acids is 1. The van der Waals surface area contributed by atoms with Gasteiger partial charge >= 0.3 is 0 Å². The third kappa shape index (κ3) is 3.85. The molecule has 0 aliphatic carbocycles. The minimum absolute atomic E-state index is 0.0854. The molecular weight excluding hydrogens is 322 g/mol. The van der Waals surface area contributed by atoms with Crippen molar-refractivity contribution in [1.82, 2.24) is 9.78 Å². The van der Waals surface area contributed by atoms with Crippen LogP contribution in [-0.2, 0) is 6.54 Å². The van der Waals surface area contributed by atoms with Gasteiger partial charge in [-0.05, 0) is 69.5 Å². The van der Waals surface area contributed by atoms with Gasteiger partial charge in [0.25, 0.3) is 5.91 Å². The maximum atomic E-state index is 12.6. The van der Waals surface area contributed by atoms with E-state index < -0.39 is 0 Å². The summed E-state index contributed by atoms with van der Waals surface area (Å²) >= 11 is 0.